The van der Waals surface area contributed by atoms with Crippen molar-refractivity contribution < 1.29 is 37.8 Å². The van der Waals surface area contributed by atoms with Gasteiger partial charge in [-0.05, 0) is 42.8 Å². The molecule has 3 aromatic rings. The summed E-state index contributed by atoms with van der Waals surface area (Å²) in [6.07, 6.45) is 0.769. The SMILES string of the molecule is CN1[C@@H]2CC(c3ccc(OCc4cc(-c5c(F)ccc(F)c5Cl)no4)nc3)=C(C(=O)O)[C@H]1CN(C(=O)O)C2. The number of piperazine rings is 1. The number of ether oxygens (including phenoxy) is 1. The molecule has 2 N–H and O–H groups in total. The Hall–Kier alpha value is -4.03. The first-order valence-electron chi connectivity index (χ1n) is 11.5. The number of halogens is 3. The second kappa shape index (κ2) is 10.0. The fourth-order valence-electron chi connectivity index (χ4n) is 4.85. The minimum absolute atomic E-state index is 0.0105. The van der Waals surface area contributed by atoms with Gasteiger partial charge in [0, 0.05) is 37.5 Å². The lowest BCUT2D eigenvalue weighted by atomic mass is 9.82. The van der Waals surface area contributed by atoms with Crippen molar-refractivity contribution in [2.45, 2.75) is 25.1 Å². The molecule has 2 aliphatic rings. The van der Waals surface area contributed by atoms with Gasteiger partial charge < -0.3 is 24.4 Å². The molecule has 0 saturated carbocycles. The quantitative estimate of drug-likeness (QED) is 0.438. The van der Waals surface area contributed by atoms with Crippen LogP contribution in [-0.4, -0.2) is 74.4 Å². The Kier molecular flexibility index (Phi) is 6.76. The monoisotopic (exact) mass is 546 g/mol. The Morgan fingerprint density at radius 1 is 1.18 bits per heavy atom. The lowest BCUT2D eigenvalue weighted by Gasteiger charge is -2.48. The van der Waals surface area contributed by atoms with Gasteiger partial charge in [0.1, 0.15) is 17.3 Å². The number of nitrogens with zero attached hydrogens (tertiary/aromatic N) is 4. The average molecular weight is 547 g/mol. The van der Waals surface area contributed by atoms with Crippen molar-refractivity contribution in [3.05, 3.63) is 70.1 Å². The summed E-state index contributed by atoms with van der Waals surface area (Å²) in [6, 6.07) is 5.73. The van der Waals surface area contributed by atoms with Crippen LogP contribution in [0.2, 0.25) is 5.02 Å². The predicted octanol–water partition coefficient (Wildman–Crippen LogP) is 4.15. The van der Waals surface area contributed by atoms with Crippen molar-refractivity contribution >= 4 is 29.2 Å². The zero-order chi connectivity index (χ0) is 27.1. The zero-order valence-corrected chi connectivity index (χ0v) is 20.7. The molecule has 1 aromatic carbocycles. The van der Waals surface area contributed by atoms with Crippen LogP contribution in [0.5, 0.6) is 5.88 Å². The highest BCUT2D eigenvalue weighted by molar-refractivity contribution is 6.33. The maximum absolute atomic E-state index is 14.2. The molecule has 1 saturated heterocycles. The summed E-state index contributed by atoms with van der Waals surface area (Å²) in [5.41, 5.74) is 1.13. The number of benzene rings is 1. The van der Waals surface area contributed by atoms with Crippen LogP contribution < -0.4 is 4.74 Å². The topological polar surface area (TPSA) is 129 Å². The first-order valence-corrected chi connectivity index (χ1v) is 11.9. The fraction of sp³-hybridized carbons (Fsp3) is 0.280. The number of carbonyl (C=O) groups is 2. The molecular weight excluding hydrogens is 526 g/mol. The minimum Gasteiger partial charge on any atom is -0.478 e. The van der Waals surface area contributed by atoms with Crippen molar-refractivity contribution in [3.63, 3.8) is 0 Å². The van der Waals surface area contributed by atoms with Gasteiger partial charge in [0.25, 0.3) is 0 Å². The summed E-state index contributed by atoms with van der Waals surface area (Å²) in [5.74, 6) is -2.23. The van der Waals surface area contributed by atoms with E-state index in [4.69, 9.17) is 20.9 Å². The van der Waals surface area contributed by atoms with Gasteiger partial charge in [-0.15, -0.1) is 0 Å². The van der Waals surface area contributed by atoms with E-state index in [9.17, 15) is 28.6 Å². The predicted molar refractivity (Wildman–Crippen MR) is 130 cm³/mol. The third-order valence-corrected chi connectivity index (χ3v) is 7.17. The highest BCUT2D eigenvalue weighted by Crippen LogP contribution is 2.38. The summed E-state index contributed by atoms with van der Waals surface area (Å²) >= 11 is 5.87. The molecule has 2 bridgehead atoms. The van der Waals surface area contributed by atoms with Crippen molar-refractivity contribution in [1.82, 2.24) is 19.9 Å². The molecule has 0 radical (unpaired) electrons. The van der Waals surface area contributed by atoms with E-state index in [0.29, 0.717) is 17.6 Å². The van der Waals surface area contributed by atoms with Crippen LogP contribution in [0.15, 0.2) is 46.6 Å². The molecule has 2 aromatic heterocycles. The number of rotatable bonds is 6. The number of hydrogen-bond donors (Lipinski definition) is 2. The Labute approximate surface area is 219 Å². The van der Waals surface area contributed by atoms with Crippen LogP contribution in [0.1, 0.15) is 17.7 Å². The fourth-order valence-corrected chi connectivity index (χ4v) is 5.10. The second-order valence-electron chi connectivity index (χ2n) is 8.99. The Balaban J connectivity index is 1.33. The van der Waals surface area contributed by atoms with Gasteiger partial charge in [-0.3, -0.25) is 4.90 Å². The first-order chi connectivity index (χ1) is 18.1. The molecule has 2 aliphatic heterocycles. The standard InChI is InChI=1S/C25H21ClF2N4O6/c1-31-13-6-15(21(24(33)34)19(31)10-32(9-13)25(35)36)12-2-5-20(29-8-12)37-11-14-7-18(30-38-14)22-16(27)3-4-17(28)23(22)26/h2-5,7-8,13,19H,6,9-11H2,1H3,(H,33,34)(H,35,36)/t13-,19-/m1/s1. The lowest BCUT2D eigenvalue weighted by Crippen LogP contribution is -2.61. The number of hydrogen-bond acceptors (Lipinski definition) is 7. The highest BCUT2D eigenvalue weighted by Gasteiger charge is 2.43. The molecule has 0 spiro atoms. The Morgan fingerprint density at radius 3 is 2.63 bits per heavy atom. The third kappa shape index (κ3) is 4.68. The Bertz CT molecular complexity index is 1440. The Morgan fingerprint density at radius 2 is 1.95 bits per heavy atom. The van der Waals surface area contributed by atoms with Crippen LogP contribution in [-0.2, 0) is 11.4 Å². The molecule has 1 amide bonds. The van der Waals surface area contributed by atoms with E-state index in [1.807, 2.05) is 4.90 Å². The molecule has 0 aliphatic carbocycles. The van der Waals surface area contributed by atoms with Gasteiger partial charge in [0.05, 0.1) is 22.2 Å². The molecule has 13 heteroatoms. The summed E-state index contributed by atoms with van der Waals surface area (Å²) in [7, 11) is 1.80. The summed E-state index contributed by atoms with van der Waals surface area (Å²) < 4.78 is 38.7. The van der Waals surface area contributed by atoms with Crippen molar-refractivity contribution in [1.29, 1.82) is 0 Å². The summed E-state index contributed by atoms with van der Waals surface area (Å²) in [6.45, 7) is 0.222. The lowest BCUT2D eigenvalue weighted by molar-refractivity contribution is -0.134. The number of likely N-dealkylation sites (N-methyl/N-ethyl adjacent to an activating group) is 1. The van der Waals surface area contributed by atoms with E-state index >= 15 is 0 Å². The largest absolute Gasteiger partial charge is 0.478 e. The van der Waals surface area contributed by atoms with E-state index in [1.54, 1.807) is 19.2 Å². The maximum Gasteiger partial charge on any atom is 0.407 e. The van der Waals surface area contributed by atoms with Gasteiger partial charge in [0.15, 0.2) is 12.4 Å². The van der Waals surface area contributed by atoms with Crippen LogP contribution in [0.25, 0.3) is 16.8 Å². The zero-order valence-electron chi connectivity index (χ0n) is 19.9. The number of amides is 1. The van der Waals surface area contributed by atoms with Gasteiger partial charge in [-0.25, -0.2) is 23.4 Å². The molecule has 1 fully saturated rings. The molecule has 5 rings (SSSR count). The van der Waals surface area contributed by atoms with Gasteiger partial charge in [-0.1, -0.05) is 16.8 Å². The van der Waals surface area contributed by atoms with Crippen molar-refractivity contribution in [2.75, 3.05) is 20.1 Å². The van der Waals surface area contributed by atoms with Crippen LogP contribution in [0.4, 0.5) is 13.6 Å². The minimum atomic E-state index is -1.11. The first kappa shape index (κ1) is 25.6. The van der Waals surface area contributed by atoms with E-state index in [2.05, 4.69) is 10.1 Å². The third-order valence-electron chi connectivity index (χ3n) is 6.80. The van der Waals surface area contributed by atoms with Crippen molar-refractivity contribution in [2.24, 2.45) is 0 Å². The van der Waals surface area contributed by atoms with Crippen molar-refractivity contribution in [3.8, 4) is 17.1 Å². The summed E-state index contributed by atoms with van der Waals surface area (Å²) in [5, 5.41) is 22.7. The number of carboxylic acids is 1. The van der Waals surface area contributed by atoms with Gasteiger partial charge in [-0.2, -0.15) is 0 Å². The molecule has 10 nitrogen and oxygen atoms in total. The van der Waals surface area contributed by atoms with Crippen LogP contribution >= 0.6 is 11.6 Å². The van der Waals surface area contributed by atoms with Gasteiger partial charge in [0.2, 0.25) is 5.88 Å². The molecule has 4 heterocycles. The molecule has 2 atom stereocenters. The van der Waals surface area contributed by atoms with E-state index < -0.39 is 34.8 Å². The molecule has 198 valence electrons. The number of pyridine rings is 1. The number of aromatic nitrogens is 2. The average Bonchev–Trinajstić information content (AvgIpc) is 3.33. The second-order valence-corrected chi connectivity index (χ2v) is 9.37. The smallest absolute Gasteiger partial charge is 0.407 e. The van der Waals surface area contributed by atoms with Crippen LogP contribution in [0.3, 0.4) is 0 Å². The number of fused-ring (bicyclic) bond motifs is 2. The van der Waals surface area contributed by atoms with E-state index in [-0.39, 0.29) is 54.2 Å². The number of carboxylic acid groups (broad SMARTS) is 2. The van der Waals surface area contributed by atoms with E-state index in [0.717, 1.165) is 12.1 Å². The van der Waals surface area contributed by atoms with Crippen LogP contribution in [0, 0.1) is 11.6 Å². The number of aliphatic carboxylic acids is 1. The molecular formula is C25H21ClF2N4O6. The summed E-state index contributed by atoms with van der Waals surface area (Å²) in [4.78, 5) is 31.1. The van der Waals surface area contributed by atoms with Gasteiger partial charge >= 0.3 is 12.1 Å². The highest BCUT2D eigenvalue weighted by atomic mass is 35.5. The normalized spacial score (nSPS) is 19.5. The molecule has 38 heavy (non-hydrogen) atoms. The maximum atomic E-state index is 14.2. The molecule has 0 unspecified atom stereocenters. The van der Waals surface area contributed by atoms with E-state index in [1.165, 1.54) is 17.2 Å².